The van der Waals surface area contributed by atoms with Crippen LogP contribution in [0.15, 0.2) is 12.5 Å². The third kappa shape index (κ3) is 3.75. The summed E-state index contributed by atoms with van der Waals surface area (Å²) in [7, 11) is 1.74. The molecule has 1 spiro atoms. The number of hydrogen-bond acceptors (Lipinski definition) is 4. The summed E-state index contributed by atoms with van der Waals surface area (Å²) in [5.41, 5.74) is 1.58. The van der Waals surface area contributed by atoms with Crippen molar-refractivity contribution in [3.63, 3.8) is 0 Å². The quantitative estimate of drug-likeness (QED) is 0.789. The number of nitrogens with zero attached hydrogens (tertiary/aromatic N) is 4. The van der Waals surface area contributed by atoms with Gasteiger partial charge in [0.05, 0.1) is 18.6 Å². The van der Waals surface area contributed by atoms with Crippen LogP contribution in [0.1, 0.15) is 44.2 Å². The zero-order chi connectivity index (χ0) is 17.3. The minimum Gasteiger partial charge on any atom is -0.383 e. The third-order valence-corrected chi connectivity index (χ3v) is 6.14. The van der Waals surface area contributed by atoms with E-state index in [2.05, 4.69) is 19.4 Å². The number of aromatic nitrogens is 2. The van der Waals surface area contributed by atoms with Crippen molar-refractivity contribution in [3.05, 3.63) is 18.2 Å². The lowest BCUT2D eigenvalue weighted by molar-refractivity contribution is -0.140. The Kier molecular flexibility index (Phi) is 4.82. The zero-order valence-electron chi connectivity index (χ0n) is 15.3. The molecule has 1 aromatic heterocycles. The van der Waals surface area contributed by atoms with Crippen LogP contribution < -0.4 is 0 Å². The van der Waals surface area contributed by atoms with Crippen LogP contribution in [0.4, 0.5) is 0 Å². The summed E-state index contributed by atoms with van der Waals surface area (Å²) in [6, 6.07) is 0.551. The molecule has 1 saturated carbocycles. The van der Waals surface area contributed by atoms with Gasteiger partial charge in [-0.05, 0) is 38.6 Å². The van der Waals surface area contributed by atoms with Crippen molar-refractivity contribution in [3.8, 4) is 0 Å². The van der Waals surface area contributed by atoms with E-state index >= 15 is 0 Å². The fraction of sp³-hybridized carbons (Fsp3) is 0.789. The summed E-state index contributed by atoms with van der Waals surface area (Å²) in [5.74, 6) is 0.392. The predicted octanol–water partition coefficient (Wildman–Crippen LogP) is 1.90. The molecule has 138 valence electrons. The second kappa shape index (κ2) is 7.08. The van der Waals surface area contributed by atoms with Gasteiger partial charge >= 0.3 is 0 Å². The molecule has 6 heteroatoms. The fourth-order valence-electron chi connectivity index (χ4n) is 4.64. The smallest absolute Gasteiger partial charge is 0.222 e. The number of methoxy groups -OCH3 is 1. The number of carbonyl (C=O) groups is 1. The third-order valence-electron chi connectivity index (χ3n) is 6.14. The van der Waals surface area contributed by atoms with E-state index in [1.165, 1.54) is 31.4 Å². The monoisotopic (exact) mass is 346 g/mol. The van der Waals surface area contributed by atoms with Crippen molar-refractivity contribution in [2.24, 2.45) is 5.41 Å². The van der Waals surface area contributed by atoms with Gasteiger partial charge in [-0.1, -0.05) is 0 Å². The van der Waals surface area contributed by atoms with Crippen molar-refractivity contribution in [2.45, 2.75) is 57.7 Å². The zero-order valence-corrected chi connectivity index (χ0v) is 15.3. The number of carbonyl (C=O) groups excluding carboxylic acids is 1. The van der Waals surface area contributed by atoms with Gasteiger partial charge in [-0.2, -0.15) is 0 Å². The van der Waals surface area contributed by atoms with Crippen molar-refractivity contribution in [1.82, 2.24) is 19.4 Å². The van der Waals surface area contributed by atoms with Gasteiger partial charge in [0, 0.05) is 57.4 Å². The number of likely N-dealkylation sites (tertiary alicyclic amines) is 2. The molecule has 2 aliphatic heterocycles. The predicted molar refractivity (Wildman–Crippen MR) is 95.0 cm³/mol. The second-order valence-corrected chi connectivity index (χ2v) is 8.14. The summed E-state index contributed by atoms with van der Waals surface area (Å²) >= 11 is 0. The topological polar surface area (TPSA) is 50.6 Å². The van der Waals surface area contributed by atoms with Gasteiger partial charge in [0.15, 0.2) is 0 Å². The lowest BCUT2D eigenvalue weighted by Crippen LogP contribution is -2.54. The first-order valence-corrected chi connectivity index (χ1v) is 9.69. The Morgan fingerprint density at radius 1 is 1.32 bits per heavy atom. The van der Waals surface area contributed by atoms with Crippen molar-refractivity contribution < 1.29 is 9.53 Å². The van der Waals surface area contributed by atoms with E-state index in [1.54, 1.807) is 7.11 Å². The van der Waals surface area contributed by atoms with Gasteiger partial charge in [-0.3, -0.25) is 9.69 Å². The molecule has 1 amide bonds. The molecule has 0 unspecified atom stereocenters. The molecule has 0 N–H and O–H groups in total. The summed E-state index contributed by atoms with van der Waals surface area (Å²) in [4.78, 5) is 21.4. The van der Waals surface area contributed by atoms with Gasteiger partial charge in [-0.25, -0.2) is 4.98 Å². The first-order valence-electron chi connectivity index (χ1n) is 9.69. The van der Waals surface area contributed by atoms with Crippen LogP contribution >= 0.6 is 0 Å². The first kappa shape index (κ1) is 17.0. The molecule has 2 saturated heterocycles. The molecular formula is C19H30N4O2. The Balaban J connectivity index is 1.41. The van der Waals surface area contributed by atoms with E-state index < -0.39 is 0 Å². The van der Waals surface area contributed by atoms with E-state index in [4.69, 9.17) is 4.74 Å². The lowest BCUT2D eigenvalue weighted by Gasteiger charge is -2.48. The van der Waals surface area contributed by atoms with Crippen molar-refractivity contribution in [2.75, 3.05) is 33.4 Å². The van der Waals surface area contributed by atoms with Gasteiger partial charge in [0.2, 0.25) is 5.91 Å². The normalized spacial score (nSPS) is 28.0. The number of hydrogen-bond donors (Lipinski definition) is 0. The fourth-order valence-corrected chi connectivity index (χ4v) is 4.64. The number of piperidine rings is 2. The van der Waals surface area contributed by atoms with E-state index in [0.29, 0.717) is 24.0 Å². The summed E-state index contributed by atoms with van der Waals surface area (Å²) in [5, 5.41) is 0. The number of ether oxygens (including phenoxy) is 1. The van der Waals surface area contributed by atoms with Crippen molar-refractivity contribution >= 4 is 5.91 Å². The van der Waals surface area contributed by atoms with Crippen molar-refractivity contribution in [1.29, 1.82) is 0 Å². The maximum Gasteiger partial charge on any atom is 0.222 e. The molecule has 0 aromatic carbocycles. The molecule has 3 fully saturated rings. The Labute approximate surface area is 150 Å². The van der Waals surface area contributed by atoms with Crippen LogP contribution in [0.25, 0.3) is 0 Å². The Morgan fingerprint density at radius 3 is 3.00 bits per heavy atom. The van der Waals surface area contributed by atoms with Gasteiger partial charge in [-0.15, -0.1) is 0 Å². The molecular weight excluding hydrogens is 316 g/mol. The molecule has 4 rings (SSSR count). The maximum absolute atomic E-state index is 12.3. The van der Waals surface area contributed by atoms with E-state index in [9.17, 15) is 4.79 Å². The van der Waals surface area contributed by atoms with E-state index in [0.717, 1.165) is 45.6 Å². The van der Waals surface area contributed by atoms with Crippen LogP contribution in [0.3, 0.4) is 0 Å². The highest BCUT2D eigenvalue weighted by molar-refractivity contribution is 5.78. The molecule has 25 heavy (non-hydrogen) atoms. The molecule has 1 atom stereocenters. The number of amides is 1. The van der Waals surface area contributed by atoms with Gasteiger partial charge < -0.3 is 14.2 Å². The molecule has 1 aromatic rings. The van der Waals surface area contributed by atoms with Crippen LogP contribution in [-0.2, 0) is 22.6 Å². The first-order chi connectivity index (χ1) is 12.2. The Hall–Kier alpha value is -1.40. The van der Waals surface area contributed by atoms with Crippen LogP contribution in [0, 0.1) is 5.41 Å². The molecule has 1 aliphatic carbocycles. The summed E-state index contributed by atoms with van der Waals surface area (Å²) in [6.07, 6.45) is 10.6. The second-order valence-electron chi connectivity index (χ2n) is 8.14. The maximum atomic E-state index is 12.3. The highest BCUT2D eigenvalue weighted by atomic mass is 16.5. The standard InChI is InChI=1S/C19H30N4O2/c1-25-10-9-22-15-20-11-17(22)12-21-8-2-6-19(13-21)7-5-18(24)23(14-19)16-3-4-16/h11,15-16H,2-10,12-14H2,1H3/t19-/m1/s1. The largest absolute Gasteiger partial charge is 0.383 e. The molecule has 0 bridgehead atoms. The minimum absolute atomic E-state index is 0.312. The SMILES string of the molecule is COCCn1cncc1CN1CCC[C@@]2(CCC(=O)N(C3CC3)C2)C1. The lowest BCUT2D eigenvalue weighted by atomic mass is 9.73. The highest BCUT2D eigenvalue weighted by Crippen LogP contribution is 2.42. The molecule has 3 heterocycles. The molecule has 6 nitrogen and oxygen atoms in total. The number of rotatable bonds is 6. The van der Waals surface area contributed by atoms with Crippen LogP contribution in [0.2, 0.25) is 0 Å². The summed E-state index contributed by atoms with van der Waals surface area (Å²) in [6.45, 7) is 5.76. The van der Waals surface area contributed by atoms with Crippen LogP contribution in [-0.4, -0.2) is 64.7 Å². The molecule has 0 radical (unpaired) electrons. The Morgan fingerprint density at radius 2 is 2.20 bits per heavy atom. The number of imidazole rings is 1. The summed E-state index contributed by atoms with van der Waals surface area (Å²) < 4.78 is 7.40. The average molecular weight is 346 g/mol. The van der Waals surface area contributed by atoms with E-state index in [-0.39, 0.29) is 0 Å². The van der Waals surface area contributed by atoms with Gasteiger partial charge in [0.1, 0.15) is 0 Å². The van der Waals surface area contributed by atoms with E-state index in [1.807, 2.05) is 12.5 Å². The highest BCUT2D eigenvalue weighted by Gasteiger charge is 2.45. The average Bonchev–Trinajstić information content (AvgIpc) is 3.37. The molecule has 3 aliphatic rings. The Bertz CT molecular complexity index is 612. The van der Waals surface area contributed by atoms with Gasteiger partial charge in [0.25, 0.3) is 0 Å². The van der Waals surface area contributed by atoms with Crippen LogP contribution in [0.5, 0.6) is 0 Å². The minimum atomic E-state index is 0.312.